The van der Waals surface area contributed by atoms with Gasteiger partial charge in [-0.1, -0.05) is 60.2 Å². The van der Waals surface area contributed by atoms with Gasteiger partial charge < -0.3 is 10.2 Å². The van der Waals surface area contributed by atoms with Crippen molar-refractivity contribution in [2.45, 2.75) is 64.9 Å². The van der Waals surface area contributed by atoms with E-state index in [0.717, 1.165) is 22.3 Å². The van der Waals surface area contributed by atoms with Crippen LogP contribution in [0.3, 0.4) is 0 Å². The van der Waals surface area contributed by atoms with E-state index in [-0.39, 0.29) is 23.4 Å². The third-order valence-corrected chi connectivity index (χ3v) is 8.59. The lowest BCUT2D eigenvalue weighted by atomic mass is 10.1. The van der Waals surface area contributed by atoms with Gasteiger partial charge in [0.1, 0.15) is 12.6 Å². The number of sulfonamides is 1. The Hall–Kier alpha value is -3.65. The molecule has 39 heavy (non-hydrogen) atoms. The fraction of sp³-hybridized carbons (Fsp3) is 0.355. The fourth-order valence-electron chi connectivity index (χ4n) is 4.33. The van der Waals surface area contributed by atoms with Crippen molar-refractivity contribution in [1.82, 2.24) is 10.2 Å². The van der Waals surface area contributed by atoms with Gasteiger partial charge in [0.05, 0.1) is 10.6 Å². The average Bonchev–Trinajstić information content (AvgIpc) is 2.89. The number of amides is 2. The Labute approximate surface area is 232 Å². The van der Waals surface area contributed by atoms with E-state index >= 15 is 0 Å². The summed E-state index contributed by atoms with van der Waals surface area (Å²) in [7, 11) is -4.09. The van der Waals surface area contributed by atoms with Crippen LogP contribution in [0.15, 0.2) is 77.7 Å². The number of carbonyl (C=O) groups excluding carboxylic acids is 2. The van der Waals surface area contributed by atoms with Gasteiger partial charge in [-0.15, -0.1) is 0 Å². The maximum absolute atomic E-state index is 14.0. The normalized spacial score (nSPS) is 12.2. The zero-order valence-electron chi connectivity index (χ0n) is 23.6. The number of carbonyl (C=O) groups is 2. The summed E-state index contributed by atoms with van der Waals surface area (Å²) < 4.78 is 29.1. The number of aryl methyl sites for hydroxylation is 2. The van der Waals surface area contributed by atoms with E-state index in [1.54, 1.807) is 43.3 Å². The highest BCUT2D eigenvalue weighted by Gasteiger charge is 2.33. The van der Waals surface area contributed by atoms with Crippen molar-refractivity contribution in [2.24, 2.45) is 0 Å². The standard InChI is InChI=1S/C31H39N3O4S/c1-22(2)32-31(36)26(6)33(20-19-27-12-8-7-9-13-27)30(35)21-34(29-14-10-11-24(4)25(29)5)39(37,38)28-17-15-23(3)16-18-28/h7-18,22,26H,19-21H2,1-6H3,(H,32,36)/t26-/m1/s1. The Bertz CT molecular complexity index is 1390. The van der Waals surface area contributed by atoms with Gasteiger partial charge in [0.15, 0.2) is 0 Å². The van der Waals surface area contributed by atoms with E-state index in [1.807, 2.05) is 71.0 Å². The van der Waals surface area contributed by atoms with E-state index in [4.69, 9.17) is 0 Å². The van der Waals surface area contributed by atoms with E-state index < -0.39 is 28.5 Å². The Morgan fingerprint density at radius 3 is 2.10 bits per heavy atom. The highest BCUT2D eigenvalue weighted by atomic mass is 32.2. The lowest BCUT2D eigenvalue weighted by Gasteiger charge is -2.33. The van der Waals surface area contributed by atoms with Crippen LogP contribution in [0.4, 0.5) is 5.69 Å². The third kappa shape index (κ3) is 7.47. The summed E-state index contributed by atoms with van der Waals surface area (Å²) in [5.41, 5.74) is 4.06. The van der Waals surface area contributed by atoms with Crippen LogP contribution in [-0.4, -0.2) is 50.3 Å². The molecule has 3 aromatic rings. The quantitative estimate of drug-likeness (QED) is 0.373. The fourth-order valence-corrected chi connectivity index (χ4v) is 5.80. The smallest absolute Gasteiger partial charge is 0.264 e. The lowest BCUT2D eigenvalue weighted by molar-refractivity contribution is -0.139. The van der Waals surface area contributed by atoms with Crippen molar-refractivity contribution in [3.8, 4) is 0 Å². The molecule has 0 fully saturated rings. The Morgan fingerprint density at radius 1 is 0.846 bits per heavy atom. The molecule has 1 N–H and O–H groups in total. The first-order chi connectivity index (χ1) is 18.4. The number of nitrogens with zero attached hydrogens (tertiary/aromatic N) is 2. The maximum Gasteiger partial charge on any atom is 0.264 e. The molecule has 0 aliphatic carbocycles. The molecule has 3 rings (SSSR count). The first-order valence-corrected chi connectivity index (χ1v) is 14.6. The number of anilines is 1. The molecule has 0 spiro atoms. The van der Waals surface area contributed by atoms with Crippen molar-refractivity contribution in [2.75, 3.05) is 17.4 Å². The molecular weight excluding hydrogens is 510 g/mol. The van der Waals surface area contributed by atoms with Crippen molar-refractivity contribution in [1.29, 1.82) is 0 Å². The minimum absolute atomic E-state index is 0.0978. The van der Waals surface area contributed by atoms with E-state index in [0.29, 0.717) is 12.1 Å². The van der Waals surface area contributed by atoms with Crippen LogP contribution in [0.5, 0.6) is 0 Å². The maximum atomic E-state index is 14.0. The van der Waals surface area contributed by atoms with Gasteiger partial charge in [0.25, 0.3) is 10.0 Å². The molecule has 3 aromatic carbocycles. The van der Waals surface area contributed by atoms with Crippen LogP contribution in [0, 0.1) is 20.8 Å². The lowest BCUT2D eigenvalue weighted by Crippen LogP contribution is -2.53. The number of hydrogen-bond donors (Lipinski definition) is 1. The number of rotatable bonds is 11. The van der Waals surface area contributed by atoms with Crippen LogP contribution in [0.25, 0.3) is 0 Å². The third-order valence-electron chi connectivity index (χ3n) is 6.82. The highest BCUT2D eigenvalue weighted by Crippen LogP contribution is 2.29. The predicted octanol–water partition coefficient (Wildman–Crippen LogP) is 4.79. The van der Waals surface area contributed by atoms with E-state index in [9.17, 15) is 18.0 Å². The van der Waals surface area contributed by atoms with Gasteiger partial charge in [-0.25, -0.2) is 8.42 Å². The topological polar surface area (TPSA) is 86.8 Å². The molecule has 0 radical (unpaired) electrons. The van der Waals surface area contributed by atoms with E-state index in [1.165, 1.54) is 9.21 Å². The van der Waals surface area contributed by atoms with Crippen LogP contribution in [0.1, 0.15) is 43.0 Å². The molecule has 7 nitrogen and oxygen atoms in total. The van der Waals surface area contributed by atoms with Crippen LogP contribution < -0.4 is 9.62 Å². The SMILES string of the molecule is Cc1ccc(S(=O)(=O)N(CC(=O)N(CCc2ccccc2)[C@H](C)C(=O)NC(C)C)c2cccc(C)c2C)cc1. The number of hydrogen-bond acceptors (Lipinski definition) is 4. The van der Waals surface area contributed by atoms with Crippen molar-refractivity contribution in [3.05, 3.63) is 95.1 Å². The Morgan fingerprint density at radius 2 is 1.49 bits per heavy atom. The molecule has 8 heteroatoms. The molecule has 0 aliphatic rings. The minimum atomic E-state index is -4.09. The monoisotopic (exact) mass is 549 g/mol. The summed E-state index contributed by atoms with van der Waals surface area (Å²) in [5.74, 6) is -0.736. The largest absolute Gasteiger partial charge is 0.352 e. The molecular formula is C31H39N3O4S. The molecule has 0 heterocycles. The molecule has 1 atom stereocenters. The van der Waals surface area contributed by atoms with E-state index in [2.05, 4.69) is 5.32 Å². The van der Waals surface area contributed by atoms with Gasteiger partial charge in [-0.05, 0) is 82.9 Å². The molecule has 0 aliphatic heterocycles. The average molecular weight is 550 g/mol. The summed E-state index contributed by atoms with van der Waals surface area (Å²) in [4.78, 5) is 28.5. The van der Waals surface area contributed by atoms with Crippen LogP contribution in [-0.2, 0) is 26.0 Å². The molecule has 0 saturated heterocycles. The van der Waals surface area contributed by atoms with Crippen LogP contribution in [0.2, 0.25) is 0 Å². The molecule has 0 unspecified atom stereocenters. The number of benzene rings is 3. The van der Waals surface area contributed by atoms with Gasteiger partial charge in [-0.3, -0.25) is 13.9 Å². The first kappa shape index (κ1) is 29.9. The molecule has 2 amide bonds. The Balaban J connectivity index is 2.02. The summed E-state index contributed by atoms with van der Waals surface area (Å²) in [6.45, 7) is 10.9. The summed E-state index contributed by atoms with van der Waals surface area (Å²) in [6, 6.07) is 20.8. The van der Waals surface area contributed by atoms with Gasteiger partial charge in [-0.2, -0.15) is 0 Å². The summed E-state index contributed by atoms with van der Waals surface area (Å²) in [6.07, 6.45) is 0.528. The second kappa shape index (κ2) is 12.9. The van der Waals surface area contributed by atoms with Crippen molar-refractivity contribution in [3.63, 3.8) is 0 Å². The Kier molecular flexibility index (Phi) is 9.92. The second-order valence-electron chi connectivity index (χ2n) is 10.2. The van der Waals surface area contributed by atoms with Crippen molar-refractivity contribution >= 4 is 27.5 Å². The number of nitrogens with one attached hydrogen (secondary N) is 1. The van der Waals surface area contributed by atoms with Gasteiger partial charge in [0.2, 0.25) is 11.8 Å². The minimum Gasteiger partial charge on any atom is -0.352 e. The summed E-state index contributed by atoms with van der Waals surface area (Å²) in [5, 5.41) is 2.87. The zero-order chi connectivity index (χ0) is 28.7. The molecule has 0 bridgehead atoms. The second-order valence-corrected chi connectivity index (χ2v) is 12.1. The van der Waals surface area contributed by atoms with Gasteiger partial charge in [0, 0.05) is 12.6 Å². The predicted molar refractivity (Wildman–Crippen MR) is 156 cm³/mol. The summed E-state index contributed by atoms with van der Waals surface area (Å²) >= 11 is 0. The molecule has 0 saturated carbocycles. The highest BCUT2D eigenvalue weighted by molar-refractivity contribution is 7.92. The molecule has 0 aromatic heterocycles. The zero-order valence-corrected chi connectivity index (χ0v) is 24.5. The van der Waals surface area contributed by atoms with Gasteiger partial charge >= 0.3 is 0 Å². The first-order valence-electron chi connectivity index (χ1n) is 13.2. The van der Waals surface area contributed by atoms with Crippen molar-refractivity contribution < 1.29 is 18.0 Å². The molecule has 208 valence electrons. The van der Waals surface area contributed by atoms with Crippen LogP contribution >= 0.6 is 0 Å².